The quantitative estimate of drug-likeness (QED) is 0.577. The highest BCUT2D eigenvalue weighted by Crippen LogP contribution is 2.26. The summed E-state index contributed by atoms with van der Waals surface area (Å²) in [5.41, 5.74) is 0. The third-order valence-corrected chi connectivity index (χ3v) is 6.62. The van der Waals surface area contributed by atoms with Crippen molar-refractivity contribution in [1.82, 2.24) is 9.62 Å². The molecule has 0 aliphatic carbocycles. The Kier molecular flexibility index (Phi) is 7.70. The zero-order valence-corrected chi connectivity index (χ0v) is 18.7. The Labute approximate surface area is 190 Å². The van der Waals surface area contributed by atoms with E-state index < -0.39 is 39.9 Å². The van der Waals surface area contributed by atoms with Crippen molar-refractivity contribution in [2.24, 2.45) is 0 Å². The zero-order chi connectivity index (χ0) is 23.3. The molecule has 1 fully saturated rings. The molecule has 2 unspecified atom stereocenters. The number of hydrogen-bond acceptors (Lipinski definition) is 6. The Balaban J connectivity index is 1.63. The summed E-state index contributed by atoms with van der Waals surface area (Å²) < 4.78 is 51.4. The van der Waals surface area contributed by atoms with E-state index in [0.717, 1.165) is 0 Å². The minimum Gasteiger partial charge on any atom is -0.485 e. The first-order valence-electron chi connectivity index (χ1n) is 9.75. The van der Waals surface area contributed by atoms with Gasteiger partial charge in [-0.15, -0.1) is 0 Å². The van der Waals surface area contributed by atoms with Crippen molar-refractivity contribution in [2.75, 3.05) is 20.2 Å². The molecule has 1 N–H and O–H groups in total. The summed E-state index contributed by atoms with van der Waals surface area (Å²) in [5, 5.41) is 0.267. The molecule has 0 spiro atoms. The lowest BCUT2D eigenvalue weighted by atomic mass is 10.2. The molecule has 1 heterocycles. The fourth-order valence-corrected chi connectivity index (χ4v) is 4.72. The third-order valence-electron chi connectivity index (χ3n) is 4.92. The molecule has 2 atom stereocenters. The molecule has 1 aliphatic heterocycles. The molecular weight excluding hydrogens is 463 g/mol. The summed E-state index contributed by atoms with van der Waals surface area (Å²) >= 11 is 5.83. The molecular formula is C21H22ClFN2O6S. The molecule has 172 valence electrons. The average molecular weight is 485 g/mol. The summed E-state index contributed by atoms with van der Waals surface area (Å²) in [7, 11) is -2.65. The van der Waals surface area contributed by atoms with Gasteiger partial charge in [0, 0.05) is 24.4 Å². The van der Waals surface area contributed by atoms with E-state index in [-0.39, 0.29) is 41.6 Å². The van der Waals surface area contributed by atoms with Gasteiger partial charge < -0.3 is 14.4 Å². The smallest absolute Gasteiger partial charge is 0.328 e. The van der Waals surface area contributed by atoms with Crippen LogP contribution in [0.25, 0.3) is 0 Å². The average Bonchev–Trinajstić information content (AvgIpc) is 3.18. The Hall–Kier alpha value is -2.69. The van der Waals surface area contributed by atoms with Crippen molar-refractivity contribution in [3.05, 3.63) is 59.4 Å². The molecule has 0 aromatic heterocycles. The number of carbonyl (C=O) groups excluding carboxylic acids is 2. The van der Waals surface area contributed by atoms with E-state index >= 15 is 0 Å². The number of sulfonamides is 1. The number of halogens is 2. The Morgan fingerprint density at radius 2 is 1.97 bits per heavy atom. The first-order chi connectivity index (χ1) is 15.2. The minimum atomic E-state index is -3.86. The monoisotopic (exact) mass is 484 g/mol. The normalized spacial score (nSPS) is 18.4. The Bertz CT molecular complexity index is 1100. The van der Waals surface area contributed by atoms with Crippen LogP contribution in [-0.2, 0) is 24.3 Å². The molecule has 1 saturated heterocycles. The number of nitrogens with zero attached hydrogens (tertiary/aromatic N) is 1. The van der Waals surface area contributed by atoms with Gasteiger partial charge in [0.1, 0.15) is 12.1 Å². The number of ether oxygens (including phenoxy) is 2. The minimum absolute atomic E-state index is 0.0182. The number of para-hydroxylation sites is 1. The van der Waals surface area contributed by atoms with Crippen molar-refractivity contribution in [2.45, 2.75) is 29.9 Å². The van der Waals surface area contributed by atoms with Crippen LogP contribution >= 0.6 is 11.6 Å². The lowest BCUT2D eigenvalue weighted by Gasteiger charge is -2.22. The molecule has 11 heteroatoms. The highest BCUT2D eigenvalue weighted by Gasteiger charge is 2.41. The SMILES string of the molecule is COC(=O)C1CC(Oc2ccccc2F)CN1C(=O)CCNS(=O)(=O)c1cccc(Cl)c1. The van der Waals surface area contributed by atoms with Gasteiger partial charge in [-0.1, -0.05) is 29.8 Å². The maximum absolute atomic E-state index is 13.9. The summed E-state index contributed by atoms with van der Waals surface area (Å²) in [4.78, 5) is 26.2. The van der Waals surface area contributed by atoms with Crippen LogP contribution in [0.15, 0.2) is 53.4 Å². The van der Waals surface area contributed by atoms with Crippen molar-refractivity contribution >= 4 is 33.5 Å². The number of amides is 1. The molecule has 0 saturated carbocycles. The number of rotatable bonds is 8. The molecule has 0 bridgehead atoms. The molecule has 3 rings (SSSR count). The van der Waals surface area contributed by atoms with Crippen molar-refractivity contribution in [3.8, 4) is 5.75 Å². The van der Waals surface area contributed by atoms with Gasteiger partial charge in [-0.25, -0.2) is 22.3 Å². The molecule has 1 amide bonds. The van der Waals surface area contributed by atoms with Crippen molar-refractivity contribution in [3.63, 3.8) is 0 Å². The molecule has 0 radical (unpaired) electrons. The number of methoxy groups -OCH3 is 1. The summed E-state index contributed by atoms with van der Waals surface area (Å²) in [6, 6.07) is 10.7. The van der Waals surface area contributed by atoms with Crippen LogP contribution in [0, 0.1) is 5.82 Å². The van der Waals surface area contributed by atoms with Crippen LogP contribution in [0.4, 0.5) is 4.39 Å². The second-order valence-corrected chi connectivity index (χ2v) is 9.30. The highest BCUT2D eigenvalue weighted by molar-refractivity contribution is 7.89. The van der Waals surface area contributed by atoms with Gasteiger partial charge in [-0.05, 0) is 30.3 Å². The third kappa shape index (κ3) is 5.76. The van der Waals surface area contributed by atoms with Crippen LogP contribution in [0.3, 0.4) is 0 Å². The second kappa shape index (κ2) is 10.3. The van der Waals surface area contributed by atoms with E-state index in [1.165, 1.54) is 48.4 Å². The van der Waals surface area contributed by atoms with Gasteiger partial charge in [0.15, 0.2) is 11.6 Å². The Morgan fingerprint density at radius 1 is 1.22 bits per heavy atom. The second-order valence-electron chi connectivity index (χ2n) is 7.10. The predicted molar refractivity (Wildman–Crippen MR) is 114 cm³/mol. The molecule has 32 heavy (non-hydrogen) atoms. The van der Waals surface area contributed by atoms with Crippen LogP contribution in [0.2, 0.25) is 5.02 Å². The number of likely N-dealkylation sites (tertiary alicyclic amines) is 1. The van der Waals surface area contributed by atoms with Gasteiger partial charge in [0.2, 0.25) is 15.9 Å². The van der Waals surface area contributed by atoms with Gasteiger partial charge in [0.05, 0.1) is 18.6 Å². The van der Waals surface area contributed by atoms with E-state index in [1.54, 1.807) is 12.1 Å². The molecule has 1 aliphatic rings. The van der Waals surface area contributed by atoms with Crippen LogP contribution in [-0.4, -0.2) is 57.5 Å². The highest BCUT2D eigenvalue weighted by atomic mass is 35.5. The van der Waals surface area contributed by atoms with Crippen LogP contribution in [0.1, 0.15) is 12.8 Å². The van der Waals surface area contributed by atoms with Crippen LogP contribution < -0.4 is 9.46 Å². The lowest BCUT2D eigenvalue weighted by Crippen LogP contribution is -2.42. The van der Waals surface area contributed by atoms with E-state index in [1.807, 2.05) is 0 Å². The summed E-state index contributed by atoms with van der Waals surface area (Å²) in [6.07, 6.45) is -0.691. The number of hydrogen-bond donors (Lipinski definition) is 1. The number of esters is 1. The molecule has 2 aromatic rings. The first kappa shape index (κ1) is 24.0. The van der Waals surface area contributed by atoms with Gasteiger partial charge in [-0.2, -0.15) is 0 Å². The zero-order valence-electron chi connectivity index (χ0n) is 17.2. The number of benzene rings is 2. The van der Waals surface area contributed by atoms with Gasteiger partial charge in [-0.3, -0.25) is 4.79 Å². The molecule has 8 nitrogen and oxygen atoms in total. The van der Waals surface area contributed by atoms with Crippen LogP contribution in [0.5, 0.6) is 5.75 Å². The predicted octanol–water partition coefficient (Wildman–Crippen LogP) is 2.37. The summed E-state index contributed by atoms with van der Waals surface area (Å²) in [6.45, 7) is -0.148. The van der Waals surface area contributed by atoms with Gasteiger partial charge in [0.25, 0.3) is 0 Å². The van der Waals surface area contributed by atoms with E-state index in [2.05, 4.69) is 4.72 Å². The van der Waals surface area contributed by atoms with Crippen molar-refractivity contribution in [1.29, 1.82) is 0 Å². The maximum Gasteiger partial charge on any atom is 0.328 e. The lowest BCUT2D eigenvalue weighted by molar-refractivity contribution is -0.150. The van der Waals surface area contributed by atoms with Crippen molar-refractivity contribution < 1.29 is 31.9 Å². The summed E-state index contributed by atoms with van der Waals surface area (Å²) in [5.74, 6) is -1.63. The largest absolute Gasteiger partial charge is 0.485 e. The topological polar surface area (TPSA) is 102 Å². The maximum atomic E-state index is 13.9. The number of carbonyl (C=O) groups is 2. The fraction of sp³-hybridized carbons (Fsp3) is 0.333. The number of nitrogens with one attached hydrogen (secondary N) is 1. The van der Waals surface area contributed by atoms with E-state index in [9.17, 15) is 22.4 Å². The first-order valence-corrected chi connectivity index (χ1v) is 11.6. The standard InChI is InChI=1S/C21H22ClFN2O6S/c1-30-21(27)18-12-15(31-19-8-3-2-7-17(19)23)13-25(18)20(26)9-10-24-32(28,29)16-6-4-5-14(22)11-16/h2-8,11,15,18,24H,9-10,12-13H2,1H3. The molecule has 2 aromatic carbocycles. The van der Waals surface area contributed by atoms with Gasteiger partial charge >= 0.3 is 5.97 Å². The van der Waals surface area contributed by atoms with E-state index in [0.29, 0.717) is 0 Å². The Morgan fingerprint density at radius 3 is 2.66 bits per heavy atom. The fourth-order valence-electron chi connectivity index (χ4n) is 3.39. The van der Waals surface area contributed by atoms with E-state index in [4.69, 9.17) is 21.1 Å².